The van der Waals surface area contributed by atoms with Crippen molar-refractivity contribution in [3.8, 4) is 0 Å². The molecule has 1 amide bonds. The molecule has 0 unspecified atom stereocenters. The maximum atomic E-state index is 12.7. The summed E-state index contributed by atoms with van der Waals surface area (Å²) < 4.78 is 0. The Morgan fingerprint density at radius 3 is 1.65 bits per heavy atom. The summed E-state index contributed by atoms with van der Waals surface area (Å²) in [5.41, 5.74) is 0. The van der Waals surface area contributed by atoms with Crippen LogP contribution >= 0.6 is 0 Å². The number of amides is 1. The Bertz CT molecular complexity index is 365. The zero-order valence-corrected chi connectivity index (χ0v) is 12.1. The molecule has 0 aliphatic heterocycles. The Morgan fingerprint density at radius 1 is 0.800 bits per heavy atom. The highest BCUT2D eigenvalue weighted by Crippen LogP contribution is 2.36. The summed E-state index contributed by atoms with van der Waals surface area (Å²) in [7, 11) is 0. The van der Waals surface area contributed by atoms with Crippen LogP contribution in [-0.2, 0) is 9.59 Å². The first kappa shape index (κ1) is 13.9. The van der Waals surface area contributed by atoms with E-state index in [1.807, 2.05) is 0 Å². The zero-order valence-electron chi connectivity index (χ0n) is 12.1. The number of carboxylic acid groups (broad SMARTS) is 1. The van der Waals surface area contributed by atoms with Gasteiger partial charge in [0.2, 0.25) is 5.91 Å². The second-order valence-electron chi connectivity index (χ2n) is 7.02. The average Bonchev–Trinajstić information content (AvgIpc) is 3.32. The number of carbonyl (C=O) groups is 2. The molecule has 0 bridgehead atoms. The molecule has 112 valence electrons. The van der Waals surface area contributed by atoms with Gasteiger partial charge >= 0.3 is 5.97 Å². The fourth-order valence-corrected chi connectivity index (χ4v) is 3.32. The van der Waals surface area contributed by atoms with Crippen molar-refractivity contribution in [1.29, 1.82) is 0 Å². The predicted octanol–water partition coefficient (Wildman–Crippen LogP) is 2.53. The third-order valence-corrected chi connectivity index (χ3v) is 5.09. The Kier molecular flexibility index (Phi) is 3.99. The Morgan fingerprint density at radius 2 is 1.25 bits per heavy atom. The van der Waals surface area contributed by atoms with Crippen LogP contribution in [0.15, 0.2) is 0 Å². The molecule has 4 nitrogen and oxygen atoms in total. The molecule has 0 heterocycles. The van der Waals surface area contributed by atoms with Gasteiger partial charge in [0.15, 0.2) is 0 Å². The van der Waals surface area contributed by atoms with Gasteiger partial charge in [-0.2, -0.15) is 0 Å². The molecule has 3 rings (SSSR count). The van der Waals surface area contributed by atoms with Gasteiger partial charge in [-0.05, 0) is 63.2 Å². The van der Waals surface area contributed by atoms with Crippen LogP contribution in [0.5, 0.6) is 0 Å². The van der Waals surface area contributed by atoms with E-state index in [1.165, 1.54) is 25.7 Å². The van der Waals surface area contributed by atoms with E-state index in [9.17, 15) is 9.59 Å². The molecule has 0 saturated heterocycles. The van der Waals surface area contributed by atoms with Crippen LogP contribution in [0.1, 0.15) is 51.4 Å². The highest BCUT2D eigenvalue weighted by Gasteiger charge is 2.36. The normalized spacial score (nSPS) is 30.0. The minimum Gasteiger partial charge on any atom is -0.481 e. The molecule has 20 heavy (non-hydrogen) atoms. The Labute approximate surface area is 120 Å². The van der Waals surface area contributed by atoms with Gasteiger partial charge in [0.05, 0.1) is 5.92 Å². The lowest BCUT2D eigenvalue weighted by atomic mass is 9.81. The van der Waals surface area contributed by atoms with Crippen LogP contribution < -0.4 is 0 Å². The minimum atomic E-state index is -0.691. The van der Waals surface area contributed by atoms with Crippen molar-refractivity contribution < 1.29 is 14.7 Å². The van der Waals surface area contributed by atoms with Gasteiger partial charge in [-0.3, -0.25) is 9.59 Å². The highest BCUT2D eigenvalue weighted by atomic mass is 16.4. The fourth-order valence-electron chi connectivity index (χ4n) is 3.32. The van der Waals surface area contributed by atoms with Crippen molar-refractivity contribution in [3.05, 3.63) is 0 Å². The molecule has 0 spiro atoms. The van der Waals surface area contributed by atoms with Gasteiger partial charge in [-0.25, -0.2) is 0 Å². The summed E-state index contributed by atoms with van der Waals surface area (Å²) in [6.45, 7) is 1.91. The average molecular weight is 279 g/mol. The lowest BCUT2D eigenvalue weighted by Gasteiger charge is -2.31. The molecule has 1 N–H and O–H groups in total. The summed E-state index contributed by atoms with van der Waals surface area (Å²) >= 11 is 0. The topological polar surface area (TPSA) is 57.6 Å². The molecule has 0 aromatic rings. The summed E-state index contributed by atoms with van der Waals surface area (Å²) in [6.07, 6.45) is 7.99. The van der Waals surface area contributed by atoms with Crippen LogP contribution in [-0.4, -0.2) is 35.0 Å². The van der Waals surface area contributed by atoms with Crippen molar-refractivity contribution in [2.45, 2.75) is 51.4 Å². The van der Waals surface area contributed by atoms with Crippen molar-refractivity contribution in [1.82, 2.24) is 4.90 Å². The van der Waals surface area contributed by atoms with Gasteiger partial charge in [-0.15, -0.1) is 0 Å². The third kappa shape index (κ3) is 3.53. The summed E-state index contributed by atoms with van der Waals surface area (Å²) in [5.74, 6) is 0.972. The third-order valence-electron chi connectivity index (χ3n) is 5.09. The van der Waals surface area contributed by atoms with E-state index in [0.717, 1.165) is 37.8 Å². The molecule has 0 aromatic heterocycles. The van der Waals surface area contributed by atoms with Crippen molar-refractivity contribution >= 4 is 11.9 Å². The molecule has 0 radical (unpaired) electrons. The zero-order chi connectivity index (χ0) is 14.1. The standard InChI is InChI=1S/C16H25NO3/c18-15(13-5-7-14(8-6-13)16(19)20)17(9-11-1-2-11)10-12-3-4-12/h11-14H,1-10H2,(H,19,20). The molecule has 0 aromatic carbocycles. The maximum Gasteiger partial charge on any atom is 0.306 e. The second kappa shape index (κ2) is 5.74. The Balaban J connectivity index is 1.53. The number of hydrogen-bond acceptors (Lipinski definition) is 2. The summed E-state index contributed by atoms with van der Waals surface area (Å²) in [6, 6.07) is 0. The van der Waals surface area contributed by atoms with Gasteiger partial charge in [-0.1, -0.05) is 0 Å². The van der Waals surface area contributed by atoms with Crippen LogP contribution in [0, 0.1) is 23.7 Å². The molecule has 3 aliphatic rings. The molecule has 0 atom stereocenters. The first-order valence-electron chi connectivity index (χ1n) is 8.15. The smallest absolute Gasteiger partial charge is 0.306 e. The number of nitrogens with zero attached hydrogens (tertiary/aromatic N) is 1. The van der Waals surface area contributed by atoms with E-state index in [-0.39, 0.29) is 11.8 Å². The van der Waals surface area contributed by atoms with E-state index in [1.54, 1.807) is 0 Å². The van der Waals surface area contributed by atoms with E-state index in [4.69, 9.17) is 5.11 Å². The van der Waals surface area contributed by atoms with Crippen LogP contribution in [0.25, 0.3) is 0 Å². The highest BCUT2D eigenvalue weighted by molar-refractivity contribution is 5.79. The molecule has 4 heteroatoms. The van der Waals surface area contributed by atoms with E-state index >= 15 is 0 Å². The van der Waals surface area contributed by atoms with Crippen molar-refractivity contribution in [2.24, 2.45) is 23.7 Å². The maximum absolute atomic E-state index is 12.7. The molecule has 3 fully saturated rings. The van der Waals surface area contributed by atoms with Crippen LogP contribution in [0.4, 0.5) is 0 Å². The second-order valence-corrected chi connectivity index (χ2v) is 7.02. The molecule has 3 saturated carbocycles. The monoisotopic (exact) mass is 279 g/mol. The number of carboxylic acids is 1. The molecular formula is C16H25NO3. The minimum absolute atomic E-state index is 0.0862. The van der Waals surface area contributed by atoms with Gasteiger partial charge in [0.1, 0.15) is 0 Å². The molecule has 3 aliphatic carbocycles. The first-order valence-corrected chi connectivity index (χ1v) is 8.15. The lowest BCUT2D eigenvalue weighted by Crippen LogP contribution is -2.40. The van der Waals surface area contributed by atoms with E-state index in [2.05, 4.69) is 4.90 Å². The fraction of sp³-hybridized carbons (Fsp3) is 0.875. The number of carbonyl (C=O) groups excluding carboxylic acids is 1. The van der Waals surface area contributed by atoms with Gasteiger partial charge < -0.3 is 10.0 Å². The van der Waals surface area contributed by atoms with Crippen LogP contribution in [0.3, 0.4) is 0 Å². The number of aliphatic carboxylic acids is 1. The molecular weight excluding hydrogens is 254 g/mol. The summed E-state index contributed by atoms with van der Waals surface area (Å²) in [4.78, 5) is 25.8. The SMILES string of the molecule is O=C(O)C1CCC(C(=O)N(CC2CC2)CC2CC2)CC1. The lowest BCUT2D eigenvalue weighted by molar-refractivity contribution is -0.145. The van der Waals surface area contributed by atoms with Crippen molar-refractivity contribution in [2.75, 3.05) is 13.1 Å². The van der Waals surface area contributed by atoms with Crippen molar-refractivity contribution in [3.63, 3.8) is 0 Å². The number of rotatable bonds is 6. The predicted molar refractivity (Wildman–Crippen MR) is 75.1 cm³/mol. The number of hydrogen-bond donors (Lipinski definition) is 1. The van der Waals surface area contributed by atoms with E-state index in [0.29, 0.717) is 18.7 Å². The van der Waals surface area contributed by atoms with Gasteiger partial charge in [0, 0.05) is 19.0 Å². The quantitative estimate of drug-likeness (QED) is 0.813. The van der Waals surface area contributed by atoms with Gasteiger partial charge in [0.25, 0.3) is 0 Å². The van der Waals surface area contributed by atoms with E-state index < -0.39 is 5.97 Å². The summed E-state index contributed by atoms with van der Waals surface area (Å²) in [5, 5.41) is 9.03. The Hall–Kier alpha value is -1.06. The first-order chi connectivity index (χ1) is 9.63. The van der Waals surface area contributed by atoms with Crippen LogP contribution in [0.2, 0.25) is 0 Å². The largest absolute Gasteiger partial charge is 0.481 e.